The van der Waals surface area contributed by atoms with Crippen molar-refractivity contribution < 1.29 is 9.53 Å². The Bertz CT molecular complexity index is 744. The molecule has 0 saturated carbocycles. The average Bonchev–Trinajstić information content (AvgIpc) is 2.76. The monoisotopic (exact) mass is 361 g/mol. The lowest BCUT2D eigenvalue weighted by Crippen LogP contribution is -2.20. The summed E-state index contributed by atoms with van der Waals surface area (Å²) in [6.45, 7) is 0. The van der Waals surface area contributed by atoms with Gasteiger partial charge < -0.3 is 15.4 Å². The normalized spacial score (nSPS) is 13.5. The molecule has 0 fully saturated rings. The van der Waals surface area contributed by atoms with Gasteiger partial charge in [0, 0.05) is 11.1 Å². The second kappa shape index (κ2) is 7.72. The van der Waals surface area contributed by atoms with Gasteiger partial charge in [-0.25, -0.2) is 4.79 Å². The molecule has 0 unspecified atom stereocenters. The number of carbonyl (C=O) groups is 1. The largest absolute Gasteiger partial charge is 0.465 e. The molecule has 0 saturated heterocycles. The Hall–Kier alpha value is -1.99. The molecule has 2 aromatic heterocycles. The Morgan fingerprint density at radius 1 is 1.29 bits per heavy atom. The third-order valence-electron chi connectivity index (χ3n) is 3.96. The molecular formula is C17H19N3O2S2. The van der Waals surface area contributed by atoms with E-state index in [2.05, 4.69) is 15.6 Å². The zero-order valence-corrected chi connectivity index (χ0v) is 15.1. The first kappa shape index (κ1) is 16.9. The molecular weight excluding hydrogens is 342 g/mol. The van der Waals surface area contributed by atoms with Crippen LogP contribution in [-0.4, -0.2) is 23.2 Å². The van der Waals surface area contributed by atoms with Crippen LogP contribution in [0.1, 0.15) is 40.1 Å². The minimum absolute atomic E-state index is 0.305. The van der Waals surface area contributed by atoms with E-state index in [0.29, 0.717) is 10.7 Å². The molecule has 5 nitrogen and oxygen atoms in total. The van der Waals surface area contributed by atoms with E-state index in [-0.39, 0.29) is 5.97 Å². The highest BCUT2D eigenvalue weighted by Gasteiger charge is 2.25. The van der Waals surface area contributed by atoms with Crippen molar-refractivity contribution in [3.63, 3.8) is 0 Å². The molecule has 2 heterocycles. The Labute approximate surface area is 150 Å². The van der Waals surface area contributed by atoms with Gasteiger partial charge in [0.05, 0.1) is 24.6 Å². The second-order valence-electron chi connectivity index (χ2n) is 5.58. The van der Waals surface area contributed by atoms with Crippen molar-refractivity contribution in [2.45, 2.75) is 32.1 Å². The fourth-order valence-corrected chi connectivity index (χ4v) is 4.42. The fraction of sp³-hybridized carbons (Fsp3) is 0.353. The van der Waals surface area contributed by atoms with Gasteiger partial charge in [0.25, 0.3) is 0 Å². The van der Waals surface area contributed by atoms with Gasteiger partial charge in [-0.2, -0.15) is 0 Å². The third kappa shape index (κ3) is 3.73. The molecule has 2 aromatic rings. The lowest BCUT2D eigenvalue weighted by atomic mass is 10.1. The van der Waals surface area contributed by atoms with Crippen LogP contribution in [0.3, 0.4) is 0 Å². The highest BCUT2D eigenvalue weighted by molar-refractivity contribution is 7.80. The first-order chi connectivity index (χ1) is 11.7. The number of methoxy groups -OCH3 is 1. The van der Waals surface area contributed by atoms with Crippen molar-refractivity contribution in [1.82, 2.24) is 4.98 Å². The van der Waals surface area contributed by atoms with Crippen molar-refractivity contribution in [1.29, 1.82) is 0 Å². The number of anilines is 2. The van der Waals surface area contributed by atoms with E-state index in [1.807, 2.05) is 12.1 Å². The summed E-state index contributed by atoms with van der Waals surface area (Å²) in [6.07, 6.45) is 8.78. The van der Waals surface area contributed by atoms with E-state index in [0.717, 1.165) is 41.9 Å². The van der Waals surface area contributed by atoms with E-state index >= 15 is 0 Å². The van der Waals surface area contributed by atoms with E-state index in [1.54, 1.807) is 23.7 Å². The molecule has 2 N–H and O–H groups in total. The number of hydrogen-bond acceptors (Lipinski definition) is 5. The maximum Gasteiger partial charge on any atom is 0.341 e. The molecule has 0 bridgehead atoms. The second-order valence-corrected chi connectivity index (χ2v) is 7.09. The molecule has 7 heteroatoms. The van der Waals surface area contributed by atoms with Crippen LogP contribution in [0.4, 0.5) is 10.7 Å². The number of hydrogen-bond donors (Lipinski definition) is 2. The summed E-state index contributed by atoms with van der Waals surface area (Å²) in [5, 5.41) is 7.44. The van der Waals surface area contributed by atoms with Gasteiger partial charge in [-0.1, -0.05) is 6.42 Å². The number of nitrogens with zero attached hydrogens (tertiary/aromatic N) is 1. The molecule has 0 aliphatic heterocycles. The number of rotatable bonds is 3. The molecule has 0 atom stereocenters. The van der Waals surface area contributed by atoms with E-state index < -0.39 is 0 Å². The first-order valence-electron chi connectivity index (χ1n) is 7.90. The Kier molecular flexibility index (Phi) is 5.42. The van der Waals surface area contributed by atoms with Gasteiger partial charge in [-0.15, -0.1) is 11.3 Å². The van der Waals surface area contributed by atoms with Crippen LogP contribution < -0.4 is 10.6 Å². The number of pyridine rings is 1. The minimum Gasteiger partial charge on any atom is -0.465 e. The number of fused-ring (bicyclic) bond motifs is 1. The molecule has 3 rings (SSSR count). The molecule has 0 amide bonds. The quantitative estimate of drug-likeness (QED) is 0.489. The summed E-state index contributed by atoms with van der Waals surface area (Å²) in [5.41, 5.74) is 2.55. The topological polar surface area (TPSA) is 63.2 Å². The number of aromatic nitrogens is 1. The fourth-order valence-electron chi connectivity index (χ4n) is 2.85. The van der Waals surface area contributed by atoms with Crippen molar-refractivity contribution in [2.75, 3.05) is 17.7 Å². The van der Waals surface area contributed by atoms with Crippen LogP contribution in [-0.2, 0) is 17.6 Å². The number of esters is 1. The summed E-state index contributed by atoms with van der Waals surface area (Å²) in [5.74, 6) is -0.305. The average molecular weight is 361 g/mol. The Morgan fingerprint density at radius 2 is 2.12 bits per heavy atom. The van der Waals surface area contributed by atoms with Crippen LogP contribution in [0.15, 0.2) is 24.5 Å². The van der Waals surface area contributed by atoms with E-state index in [9.17, 15) is 4.79 Å². The number of aryl methyl sites for hydroxylation is 1. The lowest BCUT2D eigenvalue weighted by Gasteiger charge is -2.11. The first-order valence-corrected chi connectivity index (χ1v) is 9.12. The maximum absolute atomic E-state index is 12.3. The highest BCUT2D eigenvalue weighted by Crippen LogP contribution is 2.38. The van der Waals surface area contributed by atoms with Crippen LogP contribution in [0.25, 0.3) is 0 Å². The molecule has 24 heavy (non-hydrogen) atoms. The molecule has 0 spiro atoms. The van der Waals surface area contributed by atoms with Gasteiger partial charge in [0.1, 0.15) is 5.00 Å². The zero-order chi connectivity index (χ0) is 16.9. The van der Waals surface area contributed by atoms with Gasteiger partial charge in [0.15, 0.2) is 5.11 Å². The third-order valence-corrected chi connectivity index (χ3v) is 5.37. The van der Waals surface area contributed by atoms with Gasteiger partial charge in [0.2, 0.25) is 0 Å². The molecule has 126 valence electrons. The SMILES string of the molecule is COC(=O)c1c(NC(=S)Nc2cccnc2)sc2c1CCCCC2. The summed E-state index contributed by atoms with van der Waals surface area (Å²) >= 11 is 6.98. The highest BCUT2D eigenvalue weighted by atomic mass is 32.1. The number of thiocarbonyl (C=S) groups is 1. The van der Waals surface area contributed by atoms with Crippen LogP contribution in [0.5, 0.6) is 0 Å². The number of ether oxygens (including phenoxy) is 1. The number of thiophene rings is 1. The number of nitrogens with one attached hydrogen (secondary N) is 2. The van der Waals surface area contributed by atoms with E-state index in [1.165, 1.54) is 18.4 Å². The molecule has 1 aliphatic rings. The minimum atomic E-state index is -0.305. The standard InChI is InChI=1S/C17H19N3O2S2/c1-22-16(21)14-12-7-3-2-4-8-13(12)24-15(14)20-17(23)19-11-6-5-9-18-10-11/h5-6,9-10H,2-4,7-8H2,1H3,(H2,19,20,23). The van der Waals surface area contributed by atoms with E-state index in [4.69, 9.17) is 17.0 Å². The van der Waals surface area contributed by atoms with Crippen molar-refractivity contribution in [2.24, 2.45) is 0 Å². The van der Waals surface area contributed by atoms with Crippen LogP contribution >= 0.6 is 23.6 Å². The van der Waals surface area contributed by atoms with Crippen molar-refractivity contribution in [3.8, 4) is 0 Å². The smallest absolute Gasteiger partial charge is 0.341 e. The summed E-state index contributed by atoms with van der Waals surface area (Å²) in [4.78, 5) is 17.6. The predicted octanol–water partition coefficient (Wildman–Crippen LogP) is 4.01. The summed E-state index contributed by atoms with van der Waals surface area (Å²) < 4.78 is 5.00. The maximum atomic E-state index is 12.3. The predicted molar refractivity (Wildman–Crippen MR) is 101 cm³/mol. The van der Waals surface area contributed by atoms with Crippen LogP contribution in [0.2, 0.25) is 0 Å². The zero-order valence-electron chi connectivity index (χ0n) is 13.4. The molecule has 0 radical (unpaired) electrons. The Balaban J connectivity index is 1.84. The van der Waals surface area contributed by atoms with Gasteiger partial charge in [-0.05, 0) is 55.6 Å². The summed E-state index contributed by atoms with van der Waals surface area (Å²) in [6, 6.07) is 3.71. The number of carbonyl (C=O) groups excluding carboxylic acids is 1. The van der Waals surface area contributed by atoms with Gasteiger partial charge in [-0.3, -0.25) is 4.98 Å². The Morgan fingerprint density at radius 3 is 2.88 bits per heavy atom. The van der Waals surface area contributed by atoms with Gasteiger partial charge >= 0.3 is 5.97 Å². The lowest BCUT2D eigenvalue weighted by molar-refractivity contribution is 0.0601. The molecule has 0 aromatic carbocycles. The van der Waals surface area contributed by atoms with Crippen molar-refractivity contribution in [3.05, 3.63) is 40.5 Å². The van der Waals surface area contributed by atoms with Crippen molar-refractivity contribution >= 4 is 45.3 Å². The van der Waals surface area contributed by atoms with Crippen LogP contribution in [0, 0.1) is 0 Å². The molecule has 1 aliphatic carbocycles. The summed E-state index contributed by atoms with van der Waals surface area (Å²) in [7, 11) is 1.42.